The first-order chi connectivity index (χ1) is 6.34. The topological polar surface area (TPSA) is 43.8 Å². The maximum absolute atomic E-state index is 5.94. The molecule has 0 spiro atoms. The van der Waals surface area contributed by atoms with Crippen molar-refractivity contribution >= 4 is 11.0 Å². The SMILES string of the molecule is NC1Cc2cccc3ncn(c23)C1. The van der Waals surface area contributed by atoms with Crippen molar-refractivity contribution in [2.75, 3.05) is 0 Å². The predicted octanol–water partition coefficient (Wildman–Crippen LogP) is 0.920. The number of aromatic nitrogens is 2. The Labute approximate surface area is 76.2 Å². The summed E-state index contributed by atoms with van der Waals surface area (Å²) < 4.78 is 2.15. The Hall–Kier alpha value is -1.35. The highest BCUT2D eigenvalue weighted by molar-refractivity contribution is 5.79. The van der Waals surface area contributed by atoms with E-state index in [1.165, 1.54) is 11.1 Å². The fraction of sp³-hybridized carbons (Fsp3) is 0.300. The van der Waals surface area contributed by atoms with E-state index in [1.54, 1.807) is 0 Å². The van der Waals surface area contributed by atoms with Crippen LogP contribution in [0.3, 0.4) is 0 Å². The summed E-state index contributed by atoms with van der Waals surface area (Å²) in [7, 11) is 0. The highest BCUT2D eigenvalue weighted by Crippen LogP contribution is 2.23. The molecule has 1 aromatic heterocycles. The normalized spacial score (nSPS) is 20.8. The predicted molar refractivity (Wildman–Crippen MR) is 51.4 cm³/mol. The van der Waals surface area contributed by atoms with Gasteiger partial charge in [0, 0.05) is 12.6 Å². The van der Waals surface area contributed by atoms with Crippen LogP contribution in [0.2, 0.25) is 0 Å². The average Bonchev–Trinajstić information content (AvgIpc) is 2.50. The van der Waals surface area contributed by atoms with Crippen LogP contribution < -0.4 is 5.73 Å². The Morgan fingerprint density at radius 2 is 2.38 bits per heavy atom. The molecule has 0 saturated carbocycles. The maximum Gasteiger partial charge on any atom is 0.0958 e. The molecule has 0 saturated heterocycles. The molecule has 2 heterocycles. The van der Waals surface area contributed by atoms with Crippen molar-refractivity contribution < 1.29 is 0 Å². The molecule has 3 rings (SSSR count). The Kier molecular flexibility index (Phi) is 1.27. The highest BCUT2D eigenvalue weighted by atomic mass is 15.1. The van der Waals surface area contributed by atoms with Crippen molar-refractivity contribution in [2.45, 2.75) is 19.0 Å². The minimum Gasteiger partial charge on any atom is -0.329 e. The Balaban J connectivity index is 2.38. The lowest BCUT2D eigenvalue weighted by atomic mass is 10.0. The monoisotopic (exact) mass is 173 g/mol. The molecule has 0 radical (unpaired) electrons. The molecule has 3 heteroatoms. The van der Waals surface area contributed by atoms with Gasteiger partial charge in [0.1, 0.15) is 0 Å². The Morgan fingerprint density at radius 3 is 3.31 bits per heavy atom. The molecular formula is C10H11N3. The smallest absolute Gasteiger partial charge is 0.0958 e. The molecule has 2 N–H and O–H groups in total. The third-order valence-corrected chi connectivity index (χ3v) is 2.64. The molecular weight excluding hydrogens is 162 g/mol. The first-order valence-corrected chi connectivity index (χ1v) is 4.53. The molecule has 0 bridgehead atoms. The maximum atomic E-state index is 5.94. The van der Waals surface area contributed by atoms with Crippen LogP contribution in [0.25, 0.3) is 11.0 Å². The minimum absolute atomic E-state index is 0.243. The second-order valence-electron chi connectivity index (χ2n) is 3.65. The largest absolute Gasteiger partial charge is 0.329 e. The number of benzene rings is 1. The molecule has 3 nitrogen and oxygen atoms in total. The van der Waals surface area contributed by atoms with Gasteiger partial charge in [-0.05, 0) is 18.1 Å². The van der Waals surface area contributed by atoms with E-state index in [9.17, 15) is 0 Å². The number of imidazole rings is 1. The minimum atomic E-state index is 0.243. The molecule has 2 aromatic rings. The van der Waals surface area contributed by atoms with E-state index in [4.69, 9.17) is 5.73 Å². The van der Waals surface area contributed by atoms with Crippen molar-refractivity contribution in [3.05, 3.63) is 30.1 Å². The summed E-state index contributed by atoms with van der Waals surface area (Å²) in [6.07, 6.45) is 2.86. The van der Waals surface area contributed by atoms with Gasteiger partial charge in [-0.15, -0.1) is 0 Å². The number of nitrogens with two attached hydrogens (primary N) is 1. The van der Waals surface area contributed by atoms with Crippen molar-refractivity contribution in [2.24, 2.45) is 5.73 Å². The van der Waals surface area contributed by atoms with Gasteiger partial charge in [-0.3, -0.25) is 0 Å². The van der Waals surface area contributed by atoms with Crippen LogP contribution in [0.15, 0.2) is 24.5 Å². The van der Waals surface area contributed by atoms with Crippen molar-refractivity contribution in [1.29, 1.82) is 0 Å². The van der Waals surface area contributed by atoms with Gasteiger partial charge in [0.05, 0.1) is 17.4 Å². The van der Waals surface area contributed by atoms with E-state index in [-0.39, 0.29) is 6.04 Å². The van der Waals surface area contributed by atoms with Gasteiger partial charge in [0.15, 0.2) is 0 Å². The third-order valence-electron chi connectivity index (χ3n) is 2.64. The summed E-state index contributed by atoms with van der Waals surface area (Å²) in [5.41, 5.74) is 9.62. The van der Waals surface area contributed by atoms with E-state index in [0.29, 0.717) is 0 Å². The number of rotatable bonds is 0. The summed E-state index contributed by atoms with van der Waals surface area (Å²) in [5, 5.41) is 0. The average molecular weight is 173 g/mol. The zero-order chi connectivity index (χ0) is 8.84. The lowest BCUT2D eigenvalue weighted by Gasteiger charge is -2.20. The van der Waals surface area contributed by atoms with Crippen LogP contribution in [0.1, 0.15) is 5.56 Å². The molecule has 66 valence electrons. The molecule has 1 unspecified atom stereocenters. The second kappa shape index (κ2) is 2.33. The van der Waals surface area contributed by atoms with Crippen LogP contribution >= 0.6 is 0 Å². The van der Waals surface area contributed by atoms with Crippen LogP contribution in [-0.4, -0.2) is 15.6 Å². The standard InChI is InChI=1S/C10H11N3/c11-8-4-7-2-1-3-9-10(7)13(5-8)6-12-9/h1-3,6,8H,4-5,11H2. The fourth-order valence-electron chi connectivity index (χ4n) is 2.11. The quantitative estimate of drug-likeness (QED) is 0.643. The molecule has 1 aliphatic heterocycles. The van der Waals surface area contributed by atoms with E-state index in [0.717, 1.165) is 18.5 Å². The van der Waals surface area contributed by atoms with Crippen molar-refractivity contribution in [1.82, 2.24) is 9.55 Å². The van der Waals surface area contributed by atoms with Crippen LogP contribution in [-0.2, 0) is 13.0 Å². The number of para-hydroxylation sites is 1. The molecule has 0 amide bonds. The Bertz CT molecular complexity index is 458. The molecule has 1 aliphatic rings. The Morgan fingerprint density at radius 1 is 1.46 bits per heavy atom. The highest BCUT2D eigenvalue weighted by Gasteiger charge is 2.17. The van der Waals surface area contributed by atoms with E-state index >= 15 is 0 Å². The molecule has 1 aromatic carbocycles. The van der Waals surface area contributed by atoms with Crippen LogP contribution in [0, 0.1) is 0 Å². The van der Waals surface area contributed by atoms with Gasteiger partial charge >= 0.3 is 0 Å². The molecule has 13 heavy (non-hydrogen) atoms. The van der Waals surface area contributed by atoms with Gasteiger partial charge in [-0.1, -0.05) is 12.1 Å². The summed E-state index contributed by atoms with van der Waals surface area (Å²) in [6.45, 7) is 0.896. The molecule has 1 atom stereocenters. The lowest BCUT2D eigenvalue weighted by molar-refractivity contribution is 0.539. The van der Waals surface area contributed by atoms with Gasteiger partial charge in [0.2, 0.25) is 0 Å². The van der Waals surface area contributed by atoms with Crippen LogP contribution in [0.4, 0.5) is 0 Å². The molecule has 0 aliphatic carbocycles. The summed E-state index contributed by atoms with van der Waals surface area (Å²) >= 11 is 0. The second-order valence-corrected chi connectivity index (χ2v) is 3.65. The number of hydrogen-bond acceptors (Lipinski definition) is 2. The van der Waals surface area contributed by atoms with Gasteiger partial charge in [-0.2, -0.15) is 0 Å². The van der Waals surface area contributed by atoms with Gasteiger partial charge < -0.3 is 10.3 Å². The van der Waals surface area contributed by atoms with E-state index in [1.807, 2.05) is 18.5 Å². The van der Waals surface area contributed by atoms with Gasteiger partial charge in [-0.25, -0.2) is 4.98 Å². The first kappa shape index (κ1) is 7.09. The number of nitrogens with zero attached hydrogens (tertiary/aromatic N) is 2. The molecule has 0 fully saturated rings. The van der Waals surface area contributed by atoms with Crippen molar-refractivity contribution in [3.8, 4) is 0 Å². The third kappa shape index (κ3) is 0.906. The van der Waals surface area contributed by atoms with Crippen molar-refractivity contribution in [3.63, 3.8) is 0 Å². The van der Waals surface area contributed by atoms with Crippen LogP contribution in [0.5, 0.6) is 0 Å². The lowest BCUT2D eigenvalue weighted by Crippen LogP contribution is -2.31. The zero-order valence-corrected chi connectivity index (χ0v) is 7.27. The summed E-state index contributed by atoms with van der Waals surface area (Å²) in [5.74, 6) is 0. The van der Waals surface area contributed by atoms with Gasteiger partial charge in [0.25, 0.3) is 0 Å². The fourth-order valence-corrected chi connectivity index (χ4v) is 2.11. The summed E-state index contributed by atoms with van der Waals surface area (Å²) in [4.78, 5) is 4.33. The van der Waals surface area contributed by atoms with E-state index < -0.39 is 0 Å². The first-order valence-electron chi connectivity index (χ1n) is 4.53. The zero-order valence-electron chi connectivity index (χ0n) is 7.27. The van der Waals surface area contributed by atoms with E-state index in [2.05, 4.69) is 15.6 Å². The number of hydrogen-bond donors (Lipinski definition) is 1. The summed E-state index contributed by atoms with van der Waals surface area (Å²) in [6, 6.07) is 6.48.